The van der Waals surface area contributed by atoms with Gasteiger partial charge in [-0.2, -0.15) is 0 Å². The zero-order chi connectivity index (χ0) is 27.5. The van der Waals surface area contributed by atoms with Gasteiger partial charge in [0.15, 0.2) is 0 Å². The van der Waals surface area contributed by atoms with Gasteiger partial charge >= 0.3 is 5.97 Å². The number of phenols is 1. The Hall–Kier alpha value is -3.97. The summed E-state index contributed by atoms with van der Waals surface area (Å²) in [6.07, 6.45) is 3.49. The largest absolute Gasteiger partial charge is 0.508 e. The Kier molecular flexibility index (Phi) is 11.0. The number of H-pyrrole nitrogens is 1. The number of aromatic amines is 1. The molecule has 1 heterocycles. The van der Waals surface area contributed by atoms with Crippen LogP contribution in [0.5, 0.6) is 5.75 Å². The summed E-state index contributed by atoms with van der Waals surface area (Å²) in [5.74, 6) is -3.92. The molecule has 0 fully saturated rings. The first-order valence-corrected chi connectivity index (χ1v) is 11.8. The molecule has 2 rings (SSSR count). The number of carbonyl (C=O) groups excluding carboxylic acids is 3. The maximum Gasteiger partial charge on any atom is 0.326 e. The molecule has 3 amide bonds. The highest BCUT2D eigenvalue weighted by atomic mass is 16.4. The molecule has 0 aliphatic heterocycles. The summed E-state index contributed by atoms with van der Waals surface area (Å²) in [6.45, 7) is 2.69. The van der Waals surface area contributed by atoms with Crippen molar-refractivity contribution in [1.29, 1.82) is 0 Å². The van der Waals surface area contributed by atoms with E-state index in [9.17, 15) is 34.5 Å². The molecule has 0 saturated heterocycles. The number of carboxylic acid groups (broad SMARTS) is 1. The minimum atomic E-state index is -1.42. The van der Waals surface area contributed by atoms with E-state index >= 15 is 0 Å². The van der Waals surface area contributed by atoms with Crippen LogP contribution in [0, 0.1) is 5.92 Å². The van der Waals surface area contributed by atoms with Crippen molar-refractivity contribution >= 4 is 23.7 Å². The van der Waals surface area contributed by atoms with Crippen molar-refractivity contribution < 1.29 is 34.5 Å². The van der Waals surface area contributed by atoms with Crippen LogP contribution < -0.4 is 21.7 Å². The maximum atomic E-state index is 13.1. The second-order valence-electron chi connectivity index (χ2n) is 8.77. The van der Waals surface area contributed by atoms with Crippen molar-refractivity contribution in [3.8, 4) is 5.75 Å². The van der Waals surface area contributed by atoms with E-state index in [-0.39, 0.29) is 24.5 Å². The topological polar surface area (TPSA) is 220 Å². The number of aliphatic hydroxyl groups excluding tert-OH is 1. The summed E-state index contributed by atoms with van der Waals surface area (Å²) < 4.78 is 0. The van der Waals surface area contributed by atoms with Crippen molar-refractivity contribution in [2.75, 3.05) is 6.61 Å². The van der Waals surface area contributed by atoms with E-state index in [2.05, 4.69) is 25.9 Å². The van der Waals surface area contributed by atoms with E-state index in [1.165, 1.54) is 24.7 Å². The number of carboxylic acids is 1. The molecule has 0 saturated carbocycles. The summed E-state index contributed by atoms with van der Waals surface area (Å²) >= 11 is 0. The highest BCUT2D eigenvalue weighted by Gasteiger charge is 2.32. The Labute approximate surface area is 213 Å². The molecule has 0 spiro atoms. The van der Waals surface area contributed by atoms with Crippen LogP contribution in [0.3, 0.4) is 0 Å². The number of aliphatic hydroxyl groups is 1. The van der Waals surface area contributed by atoms with E-state index in [1.54, 1.807) is 26.0 Å². The molecule has 1 aromatic carbocycles. The zero-order valence-electron chi connectivity index (χ0n) is 20.7. The number of carbonyl (C=O) groups is 4. The fraction of sp³-hybridized carbons (Fsp3) is 0.458. The quantitative estimate of drug-likeness (QED) is 0.150. The first kappa shape index (κ1) is 29.3. The molecule has 0 aliphatic carbocycles. The van der Waals surface area contributed by atoms with Gasteiger partial charge in [-0.25, -0.2) is 9.78 Å². The lowest BCUT2D eigenvalue weighted by Gasteiger charge is -2.26. The predicted octanol–water partition coefficient (Wildman–Crippen LogP) is -1.19. The molecule has 5 unspecified atom stereocenters. The van der Waals surface area contributed by atoms with Crippen molar-refractivity contribution in [3.63, 3.8) is 0 Å². The van der Waals surface area contributed by atoms with Crippen molar-refractivity contribution in [2.24, 2.45) is 11.7 Å². The smallest absolute Gasteiger partial charge is 0.326 e. The van der Waals surface area contributed by atoms with Crippen molar-refractivity contribution in [2.45, 2.75) is 57.3 Å². The Morgan fingerprint density at radius 1 is 1.00 bits per heavy atom. The van der Waals surface area contributed by atoms with Crippen LogP contribution in [0.2, 0.25) is 0 Å². The molecule has 0 bridgehead atoms. The molecule has 2 aromatic rings. The van der Waals surface area contributed by atoms with Gasteiger partial charge in [0, 0.05) is 24.7 Å². The lowest BCUT2D eigenvalue weighted by Crippen LogP contribution is -2.59. The van der Waals surface area contributed by atoms with Crippen LogP contribution in [-0.2, 0) is 32.0 Å². The second-order valence-corrected chi connectivity index (χ2v) is 8.77. The van der Waals surface area contributed by atoms with Gasteiger partial charge < -0.3 is 42.0 Å². The molecule has 13 heteroatoms. The lowest BCUT2D eigenvalue weighted by molar-refractivity contribution is -0.143. The summed E-state index contributed by atoms with van der Waals surface area (Å²) in [5.41, 5.74) is 7.06. The molecule has 0 radical (unpaired) electrons. The molecule has 1 aromatic heterocycles. The van der Waals surface area contributed by atoms with Crippen LogP contribution in [0.1, 0.15) is 31.5 Å². The highest BCUT2D eigenvalue weighted by Crippen LogP contribution is 2.13. The number of amides is 3. The van der Waals surface area contributed by atoms with Crippen LogP contribution in [0.25, 0.3) is 0 Å². The van der Waals surface area contributed by atoms with Gasteiger partial charge in [0.05, 0.1) is 19.0 Å². The molecule has 0 aliphatic rings. The standard InChI is InChI=1S/C24H34N6O7/c1-3-13(2)20(24(36)37)30-22(34)18(8-14-4-6-16(32)7-5-14)28-23(35)19(11-31)29-21(33)17(25)9-15-10-26-12-27-15/h4-7,10,12-13,17-20,31-32H,3,8-9,11,25H2,1-2H3,(H,26,27)(H,28,35)(H,29,33)(H,30,34)(H,36,37). The van der Waals surface area contributed by atoms with Crippen molar-refractivity contribution in [3.05, 3.63) is 48.0 Å². The van der Waals surface area contributed by atoms with Gasteiger partial charge in [-0.05, 0) is 23.6 Å². The zero-order valence-corrected chi connectivity index (χ0v) is 20.7. The van der Waals surface area contributed by atoms with Crippen LogP contribution >= 0.6 is 0 Å². The van der Waals surface area contributed by atoms with Gasteiger partial charge in [0.1, 0.15) is 23.9 Å². The van der Waals surface area contributed by atoms with E-state index in [4.69, 9.17) is 5.73 Å². The number of nitrogens with one attached hydrogen (secondary N) is 4. The number of hydrogen-bond acceptors (Lipinski definition) is 8. The van der Waals surface area contributed by atoms with Crippen LogP contribution in [-0.4, -0.2) is 79.8 Å². The minimum absolute atomic E-state index is 0.00558. The number of aromatic hydroxyl groups is 1. The number of rotatable bonds is 14. The third-order valence-electron chi connectivity index (χ3n) is 5.93. The lowest BCUT2D eigenvalue weighted by atomic mass is 9.98. The first-order valence-electron chi connectivity index (χ1n) is 11.8. The van der Waals surface area contributed by atoms with E-state index in [0.717, 1.165) is 0 Å². The molecule has 202 valence electrons. The number of imidazole rings is 1. The van der Waals surface area contributed by atoms with Gasteiger partial charge in [-0.15, -0.1) is 0 Å². The third kappa shape index (κ3) is 8.88. The van der Waals surface area contributed by atoms with Gasteiger partial charge in [-0.1, -0.05) is 32.4 Å². The average molecular weight is 519 g/mol. The number of benzene rings is 1. The molecule has 13 nitrogen and oxygen atoms in total. The van der Waals surface area contributed by atoms with Crippen LogP contribution in [0.15, 0.2) is 36.8 Å². The third-order valence-corrected chi connectivity index (χ3v) is 5.93. The Morgan fingerprint density at radius 3 is 2.16 bits per heavy atom. The summed E-state index contributed by atoms with van der Waals surface area (Å²) in [7, 11) is 0. The Bertz CT molecular complexity index is 1040. The fourth-order valence-electron chi connectivity index (χ4n) is 3.49. The molecule has 37 heavy (non-hydrogen) atoms. The summed E-state index contributed by atoms with van der Waals surface area (Å²) in [6, 6.07) is 1.02. The molecule has 9 N–H and O–H groups in total. The Balaban J connectivity index is 2.15. The fourth-order valence-corrected chi connectivity index (χ4v) is 3.49. The number of aromatic nitrogens is 2. The average Bonchev–Trinajstić information content (AvgIpc) is 3.38. The minimum Gasteiger partial charge on any atom is -0.508 e. The number of aliphatic carboxylic acids is 1. The molecule has 5 atom stereocenters. The van der Waals surface area contributed by atoms with Gasteiger partial charge in [-0.3, -0.25) is 14.4 Å². The van der Waals surface area contributed by atoms with Gasteiger partial charge in [0.25, 0.3) is 0 Å². The summed E-state index contributed by atoms with van der Waals surface area (Å²) in [5, 5.41) is 36.1. The monoisotopic (exact) mass is 518 g/mol. The van der Waals surface area contributed by atoms with Gasteiger partial charge in [0.2, 0.25) is 17.7 Å². The first-order chi connectivity index (χ1) is 17.5. The number of nitrogens with two attached hydrogens (primary N) is 1. The maximum absolute atomic E-state index is 13.1. The SMILES string of the molecule is CCC(C)C(NC(=O)C(Cc1ccc(O)cc1)NC(=O)C(CO)NC(=O)C(N)Cc1cnc[nH]1)C(=O)O. The van der Waals surface area contributed by atoms with E-state index < -0.39 is 54.5 Å². The summed E-state index contributed by atoms with van der Waals surface area (Å²) in [4.78, 5) is 56.9. The Morgan fingerprint density at radius 2 is 1.62 bits per heavy atom. The predicted molar refractivity (Wildman–Crippen MR) is 132 cm³/mol. The van der Waals surface area contributed by atoms with Crippen molar-refractivity contribution in [1.82, 2.24) is 25.9 Å². The number of nitrogens with zero attached hydrogens (tertiary/aromatic N) is 1. The normalized spacial score (nSPS) is 15.0. The number of hydrogen-bond donors (Lipinski definition) is 8. The van der Waals surface area contributed by atoms with E-state index in [1.807, 2.05) is 0 Å². The molecular weight excluding hydrogens is 484 g/mol. The second kappa shape index (κ2) is 13.9. The number of phenolic OH excluding ortho intramolecular Hbond substituents is 1. The van der Waals surface area contributed by atoms with E-state index in [0.29, 0.717) is 17.7 Å². The van der Waals surface area contributed by atoms with Crippen LogP contribution in [0.4, 0.5) is 0 Å². The highest BCUT2D eigenvalue weighted by molar-refractivity contribution is 5.94. The molecular formula is C24H34N6O7.